The van der Waals surface area contributed by atoms with Crippen LogP contribution in [0.25, 0.3) is 0 Å². The molecule has 86 valence electrons. The first-order chi connectivity index (χ1) is 6.61. The summed E-state index contributed by atoms with van der Waals surface area (Å²) in [6.07, 6.45) is 0.182. The number of rotatable bonds is 8. The van der Waals surface area contributed by atoms with Crippen molar-refractivity contribution >= 4 is 7.60 Å². The molecule has 0 fully saturated rings. The molecule has 0 aliphatic rings. The van der Waals surface area contributed by atoms with E-state index in [4.69, 9.17) is 19.9 Å². The lowest BCUT2D eigenvalue weighted by atomic mass is 10.2. The first kappa shape index (κ1) is 14.1. The van der Waals surface area contributed by atoms with Gasteiger partial charge in [-0.1, -0.05) is 0 Å². The number of aliphatic hydroxyl groups excluding tert-OH is 1. The van der Waals surface area contributed by atoms with Crippen LogP contribution in [0.4, 0.5) is 0 Å². The third kappa shape index (κ3) is 5.08. The second-order valence-electron chi connectivity index (χ2n) is 2.91. The lowest BCUT2D eigenvalue weighted by Gasteiger charge is -2.20. The van der Waals surface area contributed by atoms with Gasteiger partial charge in [-0.3, -0.25) is 4.57 Å². The summed E-state index contributed by atoms with van der Waals surface area (Å²) in [4.78, 5) is 0. The van der Waals surface area contributed by atoms with Crippen LogP contribution in [0.5, 0.6) is 0 Å². The van der Waals surface area contributed by atoms with Crippen molar-refractivity contribution in [3.8, 4) is 0 Å². The largest absolute Gasteiger partial charge is 0.396 e. The predicted octanol–water partition coefficient (Wildman–Crippen LogP) is 0.820. The van der Waals surface area contributed by atoms with E-state index in [-0.39, 0.29) is 25.2 Å². The van der Waals surface area contributed by atoms with E-state index in [9.17, 15) is 4.57 Å². The average Bonchev–Trinajstić information content (AvgIpc) is 2.15. The Balaban J connectivity index is 4.26. The SMILES string of the molecule is CCOP(=O)(CC(CN)CO)OCC. The highest BCUT2D eigenvalue weighted by atomic mass is 31.2. The topological polar surface area (TPSA) is 81.8 Å². The van der Waals surface area contributed by atoms with Crippen molar-refractivity contribution in [1.82, 2.24) is 0 Å². The van der Waals surface area contributed by atoms with Crippen molar-refractivity contribution in [2.75, 3.05) is 32.5 Å². The maximum absolute atomic E-state index is 11.9. The molecule has 0 aromatic carbocycles. The van der Waals surface area contributed by atoms with Crippen molar-refractivity contribution in [3.63, 3.8) is 0 Å². The van der Waals surface area contributed by atoms with Crippen molar-refractivity contribution in [3.05, 3.63) is 0 Å². The molecular formula is C8H20NO4P. The van der Waals surface area contributed by atoms with Crippen LogP contribution < -0.4 is 5.73 Å². The van der Waals surface area contributed by atoms with Gasteiger partial charge in [0.25, 0.3) is 0 Å². The van der Waals surface area contributed by atoms with Crippen molar-refractivity contribution < 1.29 is 18.7 Å². The van der Waals surface area contributed by atoms with Gasteiger partial charge in [-0.25, -0.2) is 0 Å². The van der Waals surface area contributed by atoms with Gasteiger partial charge in [-0.2, -0.15) is 0 Å². The van der Waals surface area contributed by atoms with E-state index in [0.29, 0.717) is 13.2 Å². The van der Waals surface area contributed by atoms with E-state index in [1.54, 1.807) is 13.8 Å². The molecule has 0 saturated carbocycles. The molecule has 0 rings (SSSR count). The molecule has 1 unspecified atom stereocenters. The molecule has 1 atom stereocenters. The summed E-state index contributed by atoms with van der Waals surface area (Å²) in [5, 5.41) is 8.91. The van der Waals surface area contributed by atoms with Gasteiger partial charge in [0.15, 0.2) is 0 Å². The van der Waals surface area contributed by atoms with Crippen LogP contribution in [0.15, 0.2) is 0 Å². The molecule has 0 aromatic heterocycles. The van der Waals surface area contributed by atoms with Crippen LogP contribution in [-0.4, -0.2) is 37.6 Å². The van der Waals surface area contributed by atoms with Crippen LogP contribution in [0.2, 0.25) is 0 Å². The summed E-state index contributed by atoms with van der Waals surface area (Å²) >= 11 is 0. The molecule has 0 aromatic rings. The van der Waals surface area contributed by atoms with E-state index in [2.05, 4.69) is 0 Å². The Hall–Kier alpha value is 0.0700. The van der Waals surface area contributed by atoms with Gasteiger partial charge >= 0.3 is 7.60 Å². The van der Waals surface area contributed by atoms with Gasteiger partial charge in [0, 0.05) is 12.5 Å². The third-order valence-corrected chi connectivity index (χ3v) is 3.99. The lowest BCUT2D eigenvalue weighted by Crippen LogP contribution is -2.23. The molecule has 0 aliphatic heterocycles. The fraction of sp³-hybridized carbons (Fsp3) is 1.00. The maximum atomic E-state index is 11.9. The van der Waals surface area contributed by atoms with Crippen LogP contribution in [0.1, 0.15) is 13.8 Å². The summed E-state index contributed by atoms with van der Waals surface area (Å²) in [5.41, 5.74) is 5.39. The second kappa shape index (κ2) is 7.37. The molecule has 6 heteroatoms. The first-order valence-corrected chi connectivity index (χ1v) is 6.53. The Bertz CT molecular complexity index is 174. The fourth-order valence-corrected chi connectivity index (χ4v) is 3.03. The van der Waals surface area contributed by atoms with Crippen LogP contribution in [0, 0.1) is 5.92 Å². The maximum Gasteiger partial charge on any atom is 0.331 e. The lowest BCUT2D eigenvalue weighted by molar-refractivity contribution is 0.199. The van der Waals surface area contributed by atoms with Gasteiger partial charge in [0.2, 0.25) is 0 Å². The molecule has 3 N–H and O–H groups in total. The number of aliphatic hydroxyl groups is 1. The van der Waals surface area contributed by atoms with Crippen molar-refractivity contribution in [2.24, 2.45) is 11.7 Å². The summed E-state index contributed by atoms with van der Waals surface area (Å²) in [6, 6.07) is 0. The van der Waals surface area contributed by atoms with E-state index < -0.39 is 7.60 Å². The summed E-state index contributed by atoms with van der Waals surface area (Å²) in [7, 11) is -3.05. The van der Waals surface area contributed by atoms with Crippen LogP contribution in [0.3, 0.4) is 0 Å². The molecule has 0 amide bonds. The van der Waals surface area contributed by atoms with E-state index >= 15 is 0 Å². The molecule has 0 aliphatic carbocycles. The normalized spacial score (nSPS) is 14.3. The molecule has 0 radical (unpaired) electrons. The Morgan fingerprint density at radius 1 is 1.36 bits per heavy atom. The molecule has 0 saturated heterocycles. The molecular weight excluding hydrogens is 205 g/mol. The van der Waals surface area contributed by atoms with Crippen LogP contribution >= 0.6 is 7.60 Å². The zero-order valence-electron chi connectivity index (χ0n) is 8.81. The smallest absolute Gasteiger partial charge is 0.331 e. The van der Waals surface area contributed by atoms with Gasteiger partial charge in [-0.15, -0.1) is 0 Å². The summed E-state index contributed by atoms with van der Waals surface area (Å²) < 4.78 is 22.1. The summed E-state index contributed by atoms with van der Waals surface area (Å²) in [5.74, 6) is -0.223. The molecule has 0 heterocycles. The van der Waals surface area contributed by atoms with Gasteiger partial charge < -0.3 is 19.9 Å². The quantitative estimate of drug-likeness (QED) is 0.597. The number of hydrogen-bond acceptors (Lipinski definition) is 5. The monoisotopic (exact) mass is 225 g/mol. The van der Waals surface area contributed by atoms with E-state index in [1.165, 1.54) is 0 Å². The van der Waals surface area contributed by atoms with Crippen molar-refractivity contribution in [1.29, 1.82) is 0 Å². The number of nitrogens with two attached hydrogens (primary N) is 1. The minimum atomic E-state index is -3.05. The minimum Gasteiger partial charge on any atom is -0.396 e. The Morgan fingerprint density at radius 3 is 2.14 bits per heavy atom. The fourth-order valence-electron chi connectivity index (χ4n) is 1.06. The third-order valence-electron chi connectivity index (χ3n) is 1.72. The Labute approximate surface area is 85.1 Å². The highest BCUT2D eigenvalue weighted by molar-refractivity contribution is 7.53. The highest BCUT2D eigenvalue weighted by Gasteiger charge is 2.27. The average molecular weight is 225 g/mol. The second-order valence-corrected chi connectivity index (χ2v) is 5.02. The summed E-state index contributed by atoms with van der Waals surface area (Å²) in [6.45, 7) is 4.35. The predicted molar refractivity (Wildman–Crippen MR) is 55.4 cm³/mol. The molecule has 14 heavy (non-hydrogen) atoms. The van der Waals surface area contributed by atoms with Gasteiger partial charge in [0.1, 0.15) is 0 Å². The van der Waals surface area contributed by atoms with Crippen molar-refractivity contribution in [2.45, 2.75) is 13.8 Å². The van der Waals surface area contributed by atoms with Gasteiger partial charge in [-0.05, 0) is 20.4 Å². The Kier molecular flexibility index (Phi) is 7.41. The van der Waals surface area contributed by atoms with Gasteiger partial charge in [0.05, 0.1) is 19.4 Å². The number of hydrogen-bond donors (Lipinski definition) is 2. The molecule has 0 spiro atoms. The van der Waals surface area contributed by atoms with E-state index in [1.807, 2.05) is 0 Å². The van der Waals surface area contributed by atoms with E-state index in [0.717, 1.165) is 0 Å². The standard InChI is InChI=1S/C8H20NO4P/c1-3-12-14(11,13-4-2)7-8(5-9)6-10/h8,10H,3-7,9H2,1-2H3. The first-order valence-electron chi connectivity index (χ1n) is 4.80. The minimum absolute atomic E-state index is 0.0966. The molecule has 5 nitrogen and oxygen atoms in total. The molecule has 0 bridgehead atoms. The highest BCUT2D eigenvalue weighted by Crippen LogP contribution is 2.49. The Morgan fingerprint density at radius 2 is 1.86 bits per heavy atom. The van der Waals surface area contributed by atoms with Crippen LogP contribution in [-0.2, 0) is 13.6 Å². The zero-order valence-corrected chi connectivity index (χ0v) is 9.70. The zero-order chi connectivity index (χ0) is 11.0.